The number of aromatic hydroxyl groups is 2. The summed E-state index contributed by atoms with van der Waals surface area (Å²) in [5.74, 6) is -2.79. The Balaban J connectivity index is 2.05. The number of phenolic OH excluding ortho intramolecular Hbond substituents is 2. The maximum absolute atomic E-state index is 12.9. The van der Waals surface area contributed by atoms with Gasteiger partial charge in [0.2, 0.25) is 0 Å². The molecule has 0 aromatic heterocycles. The summed E-state index contributed by atoms with van der Waals surface area (Å²) in [5.41, 5.74) is 1.90. The smallest absolute Gasteiger partial charge is 0.317 e. The van der Waals surface area contributed by atoms with Gasteiger partial charge in [-0.15, -0.1) is 0 Å². The van der Waals surface area contributed by atoms with Crippen LogP contribution in [0.2, 0.25) is 0 Å². The second kappa shape index (κ2) is 9.29. The van der Waals surface area contributed by atoms with E-state index in [4.69, 9.17) is 4.74 Å². The zero-order chi connectivity index (χ0) is 21.8. The van der Waals surface area contributed by atoms with Crippen LogP contribution in [-0.2, 0) is 9.53 Å². The lowest BCUT2D eigenvalue weighted by molar-refractivity contribution is -0.149. The summed E-state index contributed by atoms with van der Waals surface area (Å²) in [6, 6.07) is 3.75. The first-order chi connectivity index (χ1) is 13.5. The molecule has 1 aliphatic heterocycles. The molecule has 5 heteroatoms. The van der Waals surface area contributed by atoms with Gasteiger partial charge in [0.15, 0.2) is 5.78 Å². The van der Waals surface area contributed by atoms with Crippen molar-refractivity contribution in [3.8, 4) is 11.5 Å². The molecule has 1 heterocycles. The van der Waals surface area contributed by atoms with Crippen molar-refractivity contribution in [1.29, 1.82) is 0 Å². The summed E-state index contributed by atoms with van der Waals surface area (Å²) in [6.45, 7) is 9.99. The highest BCUT2D eigenvalue weighted by atomic mass is 16.6. The topological polar surface area (TPSA) is 83.8 Å². The number of cyclic esters (lactones) is 1. The van der Waals surface area contributed by atoms with E-state index >= 15 is 0 Å². The summed E-state index contributed by atoms with van der Waals surface area (Å²) in [7, 11) is 0. The summed E-state index contributed by atoms with van der Waals surface area (Å²) in [4.78, 5) is 25.4. The number of carbonyl (C=O) groups excluding carboxylic acids is 2. The number of allylic oxidation sites excluding steroid dienone is 4. The molecule has 0 radical (unpaired) electrons. The second-order valence-electron chi connectivity index (χ2n) is 8.48. The first-order valence-corrected chi connectivity index (χ1v) is 10.1. The van der Waals surface area contributed by atoms with Crippen molar-refractivity contribution >= 4 is 11.8 Å². The first-order valence-electron chi connectivity index (χ1n) is 10.1. The molecule has 0 unspecified atom stereocenters. The molecular formula is C24H32O5. The third-order valence-electron chi connectivity index (χ3n) is 5.80. The van der Waals surface area contributed by atoms with Crippen molar-refractivity contribution in [1.82, 2.24) is 0 Å². The molecule has 1 aromatic carbocycles. The van der Waals surface area contributed by atoms with E-state index in [9.17, 15) is 19.8 Å². The Morgan fingerprint density at radius 3 is 2.48 bits per heavy atom. The van der Waals surface area contributed by atoms with Crippen LogP contribution in [0.25, 0.3) is 0 Å². The monoisotopic (exact) mass is 400 g/mol. The fraction of sp³-hybridized carbons (Fsp3) is 0.500. The van der Waals surface area contributed by atoms with Gasteiger partial charge in [0.05, 0.1) is 5.56 Å². The third kappa shape index (κ3) is 5.49. The lowest BCUT2D eigenvalue weighted by atomic mass is 9.77. The van der Waals surface area contributed by atoms with Crippen molar-refractivity contribution in [2.24, 2.45) is 11.8 Å². The van der Waals surface area contributed by atoms with E-state index in [1.165, 1.54) is 23.3 Å². The number of phenols is 2. The molecule has 0 saturated carbocycles. The molecule has 1 fully saturated rings. The Labute approximate surface area is 173 Å². The molecular weight excluding hydrogens is 368 g/mol. The zero-order valence-corrected chi connectivity index (χ0v) is 18.0. The highest BCUT2D eigenvalue weighted by Gasteiger charge is 2.53. The number of Topliss-reactive ketones (excluding diaryl/α,β-unsaturated/α-hetero) is 1. The Hall–Kier alpha value is -2.56. The van der Waals surface area contributed by atoms with E-state index < -0.39 is 23.3 Å². The fourth-order valence-corrected chi connectivity index (χ4v) is 3.75. The van der Waals surface area contributed by atoms with Gasteiger partial charge in [-0.1, -0.05) is 30.2 Å². The SMILES string of the molecule is CC(C)=CCCC(C)=CCC[C@]1(C)OC(=O)[C@@H](C(=O)c2ccc(O)cc2O)[C@@H]1C. The number of hydrogen-bond acceptors (Lipinski definition) is 5. The standard InChI is InChI=1S/C24H32O5/c1-15(2)8-6-9-16(3)10-7-13-24(5)17(4)21(23(28)29-24)22(27)19-12-11-18(25)14-20(19)26/h8,10-12,14,17,21,25-26H,6-7,9,13H2,1-5H3/t17-,21+,24-/m0/s1. The van der Waals surface area contributed by atoms with E-state index in [0.717, 1.165) is 25.3 Å². The molecule has 2 N–H and O–H groups in total. The normalized spacial score (nSPS) is 24.3. The number of esters is 1. The number of ketones is 1. The molecule has 0 aliphatic carbocycles. The number of hydrogen-bond donors (Lipinski definition) is 2. The van der Waals surface area contributed by atoms with Gasteiger partial charge in [0.25, 0.3) is 0 Å². The third-order valence-corrected chi connectivity index (χ3v) is 5.80. The maximum Gasteiger partial charge on any atom is 0.317 e. The molecule has 1 aliphatic rings. The van der Waals surface area contributed by atoms with Gasteiger partial charge >= 0.3 is 5.97 Å². The molecule has 0 spiro atoms. The van der Waals surface area contributed by atoms with Crippen LogP contribution in [0.3, 0.4) is 0 Å². The number of rotatable bonds is 8. The minimum atomic E-state index is -0.960. The van der Waals surface area contributed by atoms with Gasteiger partial charge in [-0.2, -0.15) is 0 Å². The van der Waals surface area contributed by atoms with Crippen molar-refractivity contribution in [2.75, 3.05) is 0 Å². The van der Waals surface area contributed by atoms with Crippen LogP contribution in [0.1, 0.15) is 70.7 Å². The summed E-state index contributed by atoms with van der Waals surface area (Å²) < 4.78 is 5.64. The Morgan fingerprint density at radius 2 is 1.86 bits per heavy atom. The molecule has 29 heavy (non-hydrogen) atoms. The highest BCUT2D eigenvalue weighted by Crippen LogP contribution is 2.42. The second-order valence-corrected chi connectivity index (χ2v) is 8.48. The van der Waals surface area contributed by atoms with E-state index in [1.807, 2.05) is 13.8 Å². The Morgan fingerprint density at radius 1 is 1.17 bits per heavy atom. The largest absolute Gasteiger partial charge is 0.508 e. The quantitative estimate of drug-likeness (QED) is 0.267. The predicted octanol–water partition coefficient (Wildman–Crippen LogP) is 5.32. The number of ether oxygens (including phenoxy) is 1. The lowest BCUT2D eigenvalue weighted by Crippen LogP contribution is -2.33. The molecule has 5 nitrogen and oxygen atoms in total. The molecule has 158 valence electrons. The van der Waals surface area contributed by atoms with E-state index in [1.54, 1.807) is 0 Å². The van der Waals surface area contributed by atoms with Crippen LogP contribution in [0.5, 0.6) is 11.5 Å². The van der Waals surface area contributed by atoms with Crippen molar-refractivity contribution in [3.63, 3.8) is 0 Å². The van der Waals surface area contributed by atoms with E-state index in [2.05, 4.69) is 32.9 Å². The average molecular weight is 401 g/mol. The van der Waals surface area contributed by atoms with Crippen LogP contribution in [0, 0.1) is 11.8 Å². The Bertz CT molecular complexity index is 832. The van der Waals surface area contributed by atoms with E-state index in [0.29, 0.717) is 6.42 Å². The molecule has 0 bridgehead atoms. The number of benzene rings is 1. The minimum Gasteiger partial charge on any atom is -0.508 e. The van der Waals surface area contributed by atoms with Crippen LogP contribution < -0.4 is 0 Å². The Kier molecular flexibility index (Phi) is 7.28. The van der Waals surface area contributed by atoms with Gasteiger partial charge in [0.1, 0.15) is 23.0 Å². The maximum atomic E-state index is 12.9. The first kappa shape index (κ1) is 22.7. The van der Waals surface area contributed by atoms with E-state index in [-0.39, 0.29) is 23.0 Å². The van der Waals surface area contributed by atoms with Gasteiger partial charge in [-0.05, 0) is 65.5 Å². The van der Waals surface area contributed by atoms with Crippen LogP contribution in [0.15, 0.2) is 41.5 Å². The average Bonchev–Trinajstić information content (AvgIpc) is 2.83. The van der Waals surface area contributed by atoms with Gasteiger partial charge < -0.3 is 14.9 Å². The predicted molar refractivity (Wildman–Crippen MR) is 113 cm³/mol. The molecule has 0 amide bonds. The van der Waals surface area contributed by atoms with Crippen molar-refractivity contribution in [3.05, 3.63) is 47.1 Å². The van der Waals surface area contributed by atoms with Gasteiger partial charge in [-0.3, -0.25) is 9.59 Å². The van der Waals surface area contributed by atoms with Gasteiger partial charge in [0, 0.05) is 12.0 Å². The summed E-state index contributed by atoms with van der Waals surface area (Å²) >= 11 is 0. The molecule has 2 rings (SSSR count). The lowest BCUT2D eigenvalue weighted by Gasteiger charge is -2.28. The zero-order valence-electron chi connectivity index (χ0n) is 18.0. The molecule has 1 saturated heterocycles. The van der Waals surface area contributed by atoms with Crippen LogP contribution >= 0.6 is 0 Å². The van der Waals surface area contributed by atoms with Gasteiger partial charge in [-0.25, -0.2) is 0 Å². The minimum absolute atomic E-state index is 0.0239. The highest BCUT2D eigenvalue weighted by molar-refractivity contribution is 6.11. The van der Waals surface area contributed by atoms with Crippen molar-refractivity contribution < 1.29 is 24.5 Å². The number of carbonyl (C=O) groups is 2. The van der Waals surface area contributed by atoms with Crippen LogP contribution in [0.4, 0.5) is 0 Å². The molecule has 1 aromatic rings. The fourth-order valence-electron chi connectivity index (χ4n) is 3.75. The molecule has 3 atom stereocenters. The van der Waals surface area contributed by atoms with Crippen LogP contribution in [-0.4, -0.2) is 27.6 Å². The summed E-state index contributed by atoms with van der Waals surface area (Å²) in [6.07, 6.45) is 7.80. The summed E-state index contributed by atoms with van der Waals surface area (Å²) in [5, 5.41) is 19.4. The van der Waals surface area contributed by atoms with Crippen molar-refractivity contribution in [2.45, 2.75) is 65.9 Å².